The molecule has 150 valence electrons. The van der Waals surface area contributed by atoms with E-state index in [1.807, 2.05) is 24.3 Å². The number of hydrogen-bond donors (Lipinski definition) is 1. The molecular weight excluding hydrogens is 352 g/mol. The topological polar surface area (TPSA) is 50.8 Å². The number of hydrogen-bond acceptors (Lipinski definition) is 4. The molecule has 1 aliphatic rings. The monoisotopic (exact) mass is 382 g/mol. The molecule has 1 amide bonds. The summed E-state index contributed by atoms with van der Waals surface area (Å²) >= 11 is 0. The Morgan fingerprint density at radius 2 is 1.75 bits per heavy atom. The number of ether oxygens (including phenoxy) is 2. The lowest BCUT2D eigenvalue weighted by Gasteiger charge is -2.31. The molecule has 5 nitrogen and oxygen atoms in total. The van der Waals surface area contributed by atoms with Gasteiger partial charge in [-0.2, -0.15) is 0 Å². The lowest BCUT2D eigenvalue weighted by atomic mass is 9.95. The number of rotatable bonds is 8. The van der Waals surface area contributed by atoms with E-state index in [0.717, 1.165) is 44.0 Å². The standard InChI is InChI=1S/C23H30N2O3/c1-18-5-3-4-6-20(18)17-25-14-11-19(12-15-25)23(26)24-13-16-28-22-9-7-21(27-2)8-10-22/h3-10,19H,11-17H2,1-2H3,(H,24,26). The largest absolute Gasteiger partial charge is 0.497 e. The summed E-state index contributed by atoms with van der Waals surface area (Å²) in [6.07, 6.45) is 1.83. The SMILES string of the molecule is COc1ccc(OCCNC(=O)C2CCN(Cc3ccccc3C)CC2)cc1. The van der Waals surface area contributed by atoms with Crippen LogP contribution in [-0.2, 0) is 11.3 Å². The third-order valence-corrected chi connectivity index (χ3v) is 5.34. The van der Waals surface area contributed by atoms with Gasteiger partial charge in [-0.3, -0.25) is 9.69 Å². The van der Waals surface area contributed by atoms with Crippen molar-refractivity contribution in [2.24, 2.45) is 5.92 Å². The van der Waals surface area contributed by atoms with Crippen LogP contribution in [0.5, 0.6) is 11.5 Å². The van der Waals surface area contributed by atoms with E-state index in [-0.39, 0.29) is 11.8 Å². The number of benzene rings is 2. The minimum absolute atomic E-state index is 0.106. The number of carbonyl (C=O) groups excluding carboxylic acids is 1. The Balaban J connectivity index is 1.34. The van der Waals surface area contributed by atoms with E-state index in [4.69, 9.17) is 9.47 Å². The van der Waals surface area contributed by atoms with Crippen LogP contribution >= 0.6 is 0 Å². The number of likely N-dealkylation sites (tertiary alicyclic amines) is 1. The molecule has 2 aromatic rings. The van der Waals surface area contributed by atoms with Gasteiger partial charge < -0.3 is 14.8 Å². The minimum Gasteiger partial charge on any atom is -0.497 e. The van der Waals surface area contributed by atoms with E-state index in [0.29, 0.717) is 13.2 Å². The van der Waals surface area contributed by atoms with Gasteiger partial charge in [-0.15, -0.1) is 0 Å². The number of methoxy groups -OCH3 is 1. The Morgan fingerprint density at radius 3 is 2.43 bits per heavy atom. The molecule has 0 atom stereocenters. The molecule has 0 saturated carbocycles. The van der Waals surface area contributed by atoms with Crippen molar-refractivity contribution in [3.63, 3.8) is 0 Å². The molecular formula is C23H30N2O3. The Hall–Kier alpha value is -2.53. The van der Waals surface area contributed by atoms with Gasteiger partial charge in [0.1, 0.15) is 18.1 Å². The van der Waals surface area contributed by atoms with Crippen molar-refractivity contribution in [3.05, 3.63) is 59.7 Å². The Bertz CT molecular complexity index is 753. The zero-order valence-corrected chi connectivity index (χ0v) is 16.8. The highest BCUT2D eigenvalue weighted by atomic mass is 16.5. The van der Waals surface area contributed by atoms with Gasteiger partial charge in [0.15, 0.2) is 0 Å². The lowest BCUT2D eigenvalue weighted by molar-refractivity contribution is -0.126. The second-order valence-corrected chi connectivity index (χ2v) is 7.29. The first-order chi connectivity index (χ1) is 13.7. The van der Waals surface area contributed by atoms with E-state index < -0.39 is 0 Å². The van der Waals surface area contributed by atoms with Gasteiger partial charge >= 0.3 is 0 Å². The molecule has 1 aliphatic heterocycles. The zero-order chi connectivity index (χ0) is 19.8. The fourth-order valence-corrected chi connectivity index (χ4v) is 3.54. The molecule has 0 unspecified atom stereocenters. The van der Waals surface area contributed by atoms with E-state index in [1.54, 1.807) is 7.11 Å². The summed E-state index contributed by atoms with van der Waals surface area (Å²) in [6, 6.07) is 16.0. The van der Waals surface area contributed by atoms with Crippen LogP contribution in [0.2, 0.25) is 0 Å². The molecule has 1 saturated heterocycles. The number of nitrogens with one attached hydrogen (secondary N) is 1. The number of aryl methyl sites for hydroxylation is 1. The third-order valence-electron chi connectivity index (χ3n) is 5.34. The predicted octanol–water partition coefficient (Wildman–Crippen LogP) is 3.41. The van der Waals surface area contributed by atoms with Gasteiger partial charge in [0, 0.05) is 12.5 Å². The normalized spacial score (nSPS) is 15.2. The van der Waals surface area contributed by atoms with Crippen molar-refractivity contribution >= 4 is 5.91 Å². The molecule has 5 heteroatoms. The third kappa shape index (κ3) is 5.73. The lowest BCUT2D eigenvalue weighted by Crippen LogP contribution is -2.41. The van der Waals surface area contributed by atoms with Gasteiger partial charge in [0.2, 0.25) is 5.91 Å². The number of carbonyl (C=O) groups is 1. The quantitative estimate of drug-likeness (QED) is 0.711. The highest BCUT2D eigenvalue weighted by molar-refractivity contribution is 5.78. The van der Waals surface area contributed by atoms with E-state index in [2.05, 4.69) is 41.4 Å². The summed E-state index contributed by atoms with van der Waals surface area (Å²) in [5.74, 6) is 1.83. The van der Waals surface area contributed by atoms with Crippen LogP contribution in [0.3, 0.4) is 0 Å². The first kappa shape index (κ1) is 20.2. The molecule has 1 fully saturated rings. The van der Waals surface area contributed by atoms with E-state index in [9.17, 15) is 4.79 Å². The second kappa shape index (κ2) is 10.1. The van der Waals surface area contributed by atoms with Crippen LogP contribution in [0.25, 0.3) is 0 Å². The smallest absolute Gasteiger partial charge is 0.223 e. The summed E-state index contributed by atoms with van der Waals surface area (Å²) in [5.41, 5.74) is 2.71. The van der Waals surface area contributed by atoms with Gasteiger partial charge in [0.05, 0.1) is 13.7 Å². The average Bonchev–Trinajstić information content (AvgIpc) is 2.73. The fraction of sp³-hybridized carbons (Fsp3) is 0.435. The molecule has 2 aromatic carbocycles. The Morgan fingerprint density at radius 1 is 1.07 bits per heavy atom. The summed E-state index contributed by atoms with van der Waals surface area (Å²) in [6.45, 7) is 6.04. The summed E-state index contributed by atoms with van der Waals surface area (Å²) in [5, 5.41) is 3.01. The van der Waals surface area contributed by atoms with Crippen LogP contribution in [0.1, 0.15) is 24.0 Å². The van der Waals surface area contributed by atoms with Crippen LogP contribution in [0, 0.1) is 12.8 Å². The van der Waals surface area contributed by atoms with Gasteiger partial charge in [-0.05, 0) is 68.2 Å². The van der Waals surface area contributed by atoms with Crippen LogP contribution in [0.4, 0.5) is 0 Å². The second-order valence-electron chi connectivity index (χ2n) is 7.29. The molecule has 3 rings (SSSR count). The predicted molar refractivity (Wildman–Crippen MR) is 111 cm³/mol. The van der Waals surface area contributed by atoms with Crippen LogP contribution in [-0.4, -0.2) is 44.2 Å². The van der Waals surface area contributed by atoms with Crippen molar-refractivity contribution in [3.8, 4) is 11.5 Å². The molecule has 0 bridgehead atoms. The van der Waals surface area contributed by atoms with Crippen molar-refractivity contribution < 1.29 is 14.3 Å². The molecule has 0 spiro atoms. The first-order valence-corrected chi connectivity index (χ1v) is 9.97. The zero-order valence-electron chi connectivity index (χ0n) is 16.8. The first-order valence-electron chi connectivity index (χ1n) is 9.97. The van der Waals surface area contributed by atoms with Gasteiger partial charge in [-0.25, -0.2) is 0 Å². The summed E-state index contributed by atoms with van der Waals surface area (Å²) < 4.78 is 10.8. The molecule has 0 radical (unpaired) electrons. The van der Waals surface area contributed by atoms with Crippen molar-refractivity contribution in [1.82, 2.24) is 10.2 Å². The molecule has 0 aromatic heterocycles. The van der Waals surface area contributed by atoms with E-state index in [1.165, 1.54) is 11.1 Å². The fourth-order valence-electron chi connectivity index (χ4n) is 3.54. The maximum absolute atomic E-state index is 12.4. The Kier molecular flexibility index (Phi) is 7.31. The van der Waals surface area contributed by atoms with Gasteiger partial charge in [0.25, 0.3) is 0 Å². The number of nitrogens with zero attached hydrogens (tertiary/aromatic N) is 1. The van der Waals surface area contributed by atoms with Crippen LogP contribution in [0.15, 0.2) is 48.5 Å². The maximum atomic E-state index is 12.4. The van der Waals surface area contributed by atoms with Crippen molar-refractivity contribution in [1.29, 1.82) is 0 Å². The average molecular weight is 383 g/mol. The van der Waals surface area contributed by atoms with Crippen molar-refractivity contribution in [2.75, 3.05) is 33.4 Å². The summed E-state index contributed by atoms with van der Waals surface area (Å²) in [4.78, 5) is 14.9. The number of amides is 1. The summed E-state index contributed by atoms with van der Waals surface area (Å²) in [7, 11) is 1.64. The highest BCUT2D eigenvalue weighted by Crippen LogP contribution is 2.20. The van der Waals surface area contributed by atoms with E-state index >= 15 is 0 Å². The molecule has 1 heterocycles. The maximum Gasteiger partial charge on any atom is 0.223 e. The molecule has 0 aliphatic carbocycles. The molecule has 1 N–H and O–H groups in total. The van der Waals surface area contributed by atoms with Gasteiger partial charge in [-0.1, -0.05) is 24.3 Å². The Labute approximate surface area is 167 Å². The number of piperidine rings is 1. The highest BCUT2D eigenvalue weighted by Gasteiger charge is 2.24. The van der Waals surface area contributed by atoms with Crippen LogP contribution < -0.4 is 14.8 Å². The minimum atomic E-state index is 0.106. The van der Waals surface area contributed by atoms with Crippen molar-refractivity contribution in [2.45, 2.75) is 26.3 Å². The molecule has 28 heavy (non-hydrogen) atoms.